The first-order chi connectivity index (χ1) is 11.1. The fraction of sp³-hybridized carbons (Fsp3) is 0.222. The first-order valence-corrected chi connectivity index (χ1v) is 9.23. The molecule has 0 radical (unpaired) electrons. The van der Waals surface area contributed by atoms with Gasteiger partial charge in [0.05, 0.1) is 5.69 Å². The highest BCUT2D eigenvalue weighted by Crippen LogP contribution is 2.30. The standard InChI is InChI=1S/C18H18N2OS2/c1-12-3-6-15(7-4-12)17-13(2)23-18(20-17)19-16(21)8-5-14-9-10-22-11-14/h3-4,6-7,9-11H,5,8H2,1-2H3,(H,19,20,21). The van der Waals surface area contributed by atoms with E-state index in [1.165, 1.54) is 22.5 Å². The average molecular weight is 342 g/mol. The Morgan fingerprint density at radius 2 is 1.96 bits per heavy atom. The number of amides is 1. The minimum Gasteiger partial charge on any atom is -0.302 e. The lowest BCUT2D eigenvalue weighted by atomic mass is 10.1. The summed E-state index contributed by atoms with van der Waals surface area (Å²) >= 11 is 3.18. The van der Waals surface area contributed by atoms with E-state index >= 15 is 0 Å². The van der Waals surface area contributed by atoms with Gasteiger partial charge >= 0.3 is 0 Å². The van der Waals surface area contributed by atoms with Crippen LogP contribution in [0.4, 0.5) is 5.13 Å². The van der Waals surface area contributed by atoms with Gasteiger partial charge in [-0.05, 0) is 42.7 Å². The van der Waals surface area contributed by atoms with Gasteiger partial charge in [0.25, 0.3) is 0 Å². The van der Waals surface area contributed by atoms with Gasteiger partial charge in [-0.2, -0.15) is 11.3 Å². The summed E-state index contributed by atoms with van der Waals surface area (Å²) in [6.07, 6.45) is 1.25. The van der Waals surface area contributed by atoms with Crippen LogP contribution in [0.15, 0.2) is 41.1 Å². The van der Waals surface area contributed by atoms with Crippen molar-refractivity contribution in [2.45, 2.75) is 26.7 Å². The van der Waals surface area contributed by atoms with E-state index in [4.69, 9.17) is 0 Å². The van der Waals surface area contributed by atoms with Crippen LogP contribution in [-0.4, -0.2) is 10.9 Å². The topological polar surface area (TPSA) is 42.0 Å². The van der Waals surface area contributed by atoms with Gasteiger partial charge in [-0.3, -0.25) is 4.79 Å². The number of carbonyl (C=O) groups excluding carboxylic acids is 1. The molecule has 0 fully saturated rings. The molecule has 0 spiro atoms. The molecule has 0 unspecified atom stereocenters. The van der Waals surface area contributed by atoms with Crippen LogP contribution < -0.4 is 5.32 Å². The molecular weight excluding hydrogens is 324 g/mol. The van der Waals surface area contributed by atoms with Gasteiger partial charge in [-0.25, -0.2) is 4.98 Å². The molecule has 0 saturated carbocycles. The Hall–Kier alpha value is -1.98. The second-order valence-electron chi connectivity index (χ2n) is 5.47. The molecule has 1 amide bonds. The maximum absolute atomic E-state index is 12.1. The number of nitrogens with one attached hydrogen (secondary N) is 1. The molecular formula is C18H18N2OS2. The van der Waals surface area contributed by atoms with E-state index in [2.05, 4.69) is 52.9 Å². The summed E-state index contributed by atoms with van der Waals surface area (Å²) < 4.78 is 0. The summed E-state index contributed by atoms with van der Waals surface area (Å²) in [6.45, 7) is 4.10. The van der Waals surface area contributed by atoms with Crippen LogP contribution in [0.1, 0.15) is 22.4 Å². The number of hydrogen-bond donors (Lipinski definition) is 1. The summed E-state index contributed by atoms with van der Waals surface area (Å²) in [6, 6.07) is 10.3. The summed E-state index contributed by atoms with van der Waals surface area (Å²) in [5.74, 6) is 0.0143. The van der Waals surface area contributed by atoms with Gasteiger partial charge in [-0.15, -0.1) is 11.3 Å². The van der Waals surface area contributed by atoms with Crippen LogP contribution in [0.25, 0.3) is 11.3 Å². The Bertz CT molecular complexity index is 789. The van der Waals surface area contributed by atoms with E-state index < -0.39 is 0 Å². The van der Waals surface area contributed by atoms with E-state index in [0.29, 0.717) is 11.6 Å². The van der Waals surface area contributed by atoms with E-state index in [1.807, 2.05) is 12.3 Å². The number of thiophene rings is 1. The summed E-state index contributed by atoms with van der Waals surface area (Å²) in [5.41, 5.74) is 4.47. The summed E-state index contributed by atoms with van der Waals surface area (Å²) in [7, 11) is 0. The van der Waals surface area contributed by atoms with Crippen molar-refractivity contribution in [3.05, 3.63) is 57.1 Å². The predicted molar refractivity (Wildman–Crippen MR) is 98.3 cm³/mol. The Labute approximate surface area is 144 Å². The van der Waals surface area contributed by atoms with Crippen LogP contribution in [0.3, 0.4) is 0 Å². The highest BCUT2D eigenvalue weighted by atomic mass is 32.1. The van der Waals surface area contributed by atoms with Gasteiger partial charge in [0, 0.05) is 16.9 Å². The molecule has 3 rings (SSSR count). The molecule has 3 aromatic rings. The molecule has 2 aromatic heterocycles. The number of nitrogens with zero attached hydrogens (tertiary/aromatic N) is 1. The third-order valence-corrected chi connectivity index (χ3v) is 5.21. The number of benzene rings is 1. The zero-order valence-electron chi connectivity index (χ0n) is 13.1. The number of rotatable bonds is 5. The number of hydrogen-bond acceptors (Lipinski definition) is 4. The Morgan fingerprint density at radius 1 is 1.17 bits per heavy atom. The lowest BCUT2D eigenvalue weighted by Gasteiger charge is -2.01. The van der Waals surface area contributed by atoms with Gasteiger partial charge in [-0.1, -0.05) is 29.8 Å². The first-order valence-electron chi connectivity index (χ1n) is 7.47. The van der Waals surface area contributed by atoms with Crippen molar-refractivity contribution in [3.8, 4) is 11.3 Å². The fourth-order valence-corrected chi connectivity index (χ4v) is 3.86. The molecule has 0 bridgehead atoms. The summed E-state index contributed by atoms with van der Waals surface area (Å²) in [4.78, 5) is 17.8. The second kappa shape index (κ2) is 7.06. The maximum atomic E-state index is 12.1. The van der Waals surface area contributed by atoms with E-state index in [0.717, 1.165) is 22.6 Å². The summed E-state index contributed by atoms with van der Waals surface area (Å²) in [5, 5.41) is 7.71. The van der Waals surface area contributed by atoms with Gasteiger partial charge in [0.2, 0.25) is 5.91 Å². The normalized spacial score (nSPS) is 10.7. The van der Waals surface area contributed by atoms with Crippen LogP contribution in [-0.2, 0) is 11.2 Å². The van der Waals surface area contributed by atoms with Crippen molar-refractivity contribution >= 4 is 33.7 Å². The molecule has 0 saturated heterocycles. The zero-order chi connectivity index (χ0) is 16.2. The monoisotopic (exact) mass is 342 g/mol. The largest absolute Gasteiger partial charge is 0.302 e. The van der Waals surface area contributed by atoms with E-state index in [-0.39, 0.29) is 5.91 Å². The molecule has 1 N–H and O–H groups in total. The first kappa shape index (κ1) is 15.9. The molecule has 0 atom stereocenters. The molecule has 23 heavy (non-hydrogen) atoms. The Kier molecular flexibility index (Phi) is 4.88. The van der Waals surface area contributed by atoms with Gasteiger partial charge in [0.15, 0.2) is 5.13 Å². The van der Waals surface area contributed by atoms with Crippen LogP contribution in [0.2, 0.25) is 0 Å². The van der Waals surface area contributed by atoms with Gasteiger partial charge < -0.3 is 5.32 Å². The number of carbonyl (C=O) groups is 1. The lowest BCUT2D eigenvalue weighted by Crippen LogP contribution is -2.11. The van der Waals surface area contributed by atoms with Crippen LogP contribution in [0, 0.1) is 13.8 Å². The minimum absolute atomic E-state index is 0.0143. The molecule has 0 aliphatic heterocycles. The number of thiazole rings is 1. The Morgan fingerprint density at radius 3 is 2.65 bits per heavy atom. The minimum atomic E-state index is 0.0143. The lowest BCUT2D eigenvalue weighted by molar-refractivity contribution is -0.116. The van der Waals surface area contributed by atoms with Crippen molar-refractivity contribution < 1.29 is 4.79 Å². The van der Waals surface area contributed by atoms with Crippen LogP contribution >= 0.6 is 22.7 Å². The van der Waals surface area contributed by atoms with Gasteiger partial charge in [0.1, 0.15) is 0 Å². The van der Waals surface area contributed by atoms with Crippen molar-refractivity contribution in [3.63, 3.8) is 0 Å². The van der Waals surface area contributed by atoms with Crippen molar-refractivity contribution in [1.82, 2.24) is 4.98 Å². The predicted octanol–water partition coefficient (Wildman–Crippen LogP) is 5.06. The SMILES string of the molecule is Cc1ccc(-c2nc(NC(=O)CCc3ccsc3)sc2C)cc1. The second-order valence-corrected chi connectivity index (χ2v) is 7.45. The fourth-order valence-electron chi connectivity index (χ4n) is 2.30. The maximum Gasteiger partial charge on any atom is 0.226 e. The molecule has 5 heteroatoms. The van der Waals surface area contributed by atoms with E-state index in [9.17, 15) is 4.79 Å². The highest BCUT2D eigenvalue weighted by Gasteiger charge is 2.12. The number of aryl methyl sites for hydroxylation is 3. The van der Waals surface area contributed by atoms with E-state index in [1.54, 1.807) is 11.3 Å². The molecule has 0 aliphatic rings. The number of anilines is 1. The molecule has 3 nitrogen and oxygen atoms in total. The van der Waals surface area contributed by atoms with Crippen LogP contribution in [0.5, 0.6) is 0 Å². The number of aromatic nitrogens is 1. The average Bonchev–Trinajstić information content (AvgIpc) is 3.16. The third kappa shape index (κ3) is 4.06. The zero-order valence-corrected chi connectivity index (χ0v) is 14.8. The van der Waals surface area contributed by atoms with Crippen molar-refractivity contribution in [2.75, 3.05) is 5.32 Å². The quantitative estimate of drug-likeness (QED) is 0.704. The smallest absolute Gasteiger partial charge is 0.226 e. The van der Waals surface area contributed by atoms with Crippen molar-refractivity contribution in [2.24, 2.45) is 0 Å². The highest BCUT2D eigenvalue weighted by molar-refractivity contribution is 7.16. The molecule has 2 heterocycles. The Balaban J connectivity index is 1.66. The molecule has 0 aliphatic carbocycles. The molecule has 118 valence electrons. The molecule has 1 aromatic carbocycles. The third-order valence-electron chi connectivity index (χ3n) is 3.59. The van der Waals surface area contributed by atoms with Crippen molar-refractivity contribution in [1.29, 1.82) is 0 Å².